The molecule has 0 aliphatic carbocycles. The van der Waals surface area contributed by atoms with Crippen molar-refractivity contribution in [3.63, 3.8) is 0 Å². The number of nitrogens with zero attached hydrogens (tertiary/aromatic N) is 1. The van der Waals surface area contributed by atoms with E-state index in [4.69, 9.17) is 16.3 Å². The summed E-state index contributed by atoms with van der Waals surface area (Å²) in [5.41, 5.74) is 0.800. The molecule has 1 aliphatic heterocycles. The van der Waals surface area contributed by atoms with Crippen LogP contribution in [0.1, 0.15) is 10.4 Å². The van der Waals surface area contributed by atoms with E-state index in [0.717, 1.165) is 10.6 Å². The number of benzene rings is 2. The molecule has 2 N–H and O–H groups in total. The monoisotopic (exact) mass is 449 g/mol. The van der Waals surface area contributed by atoms with Gasteiger partial charge in [-0.1, -0.05) is 29.8 Å². The fraction of sp³-hybridized carbons (Fsp3) is 0.200. The van der Waals surface area contributed by atoms with Crippen LogP contribution < -0.4 is 19.7 Å². The van der Waals surface area contributed by atoms with Gasteiger partial charge in [-0.15, -0.1) is 6.58 Å². The predicted molar refractivity (Wildman–Crippen MR) is 116 cm³/mol. The Morgan fingerprint density at radius 2 is 2.03 bits per heavy atom. The van der Waals surface area contributed by atoms with Crippen molar-refractivity contribution >= 4 is 44.8 Å². The van der Waals surface area contributed by atoms with Gasteiger partial charge in [0.05, 0.1) is 29.7 Å². The summed E-state index contributed by atoms with van der Waals surface area (Å²) in [6.07, 6.45) is 1.45. The van der Waals surface area contributed by atoms with Gasteiger partial charge in [-0.3, -0.25) is 13.9 Å². The van der Waals surface area contributed by atoms with Gasteiger partial charge in [0, 0.05) is 11.6 Å². The lowest BCUT2D eigenvalue weighted by Gasteiger charge is -2.34. The topological polar surface area (TPSA) is 105 Å². The molecule has 10 heteroatoms. The molecule has 2 aromatic rings. The van der Waals surface area contributed by atoms with E-state index in [1.807, 2.05) is 0 Å². The van der Waals surface area contributed by atoms with Crippen LogP contribution in [-0.4, -0.2) is 45.7 Å². The van der Waals surface area contributed by atoms with Gasteiger partial charge >= 0.3 is 0 Å². The molecular weight excluding hydrogens is 430 g/mol. The molecule has 1 heterocycles. The maximum absolute atomic E-state index is 12.9. The second-order valence-corrected chi connectivity index (χ2v) is 8.89. The second-order valence-electron chi connectivity index (χ2n) is 6.55. The molecule has 0 saturated carbocycles. The van der Waals surface area contributed by atoms with E-state index >= 15 is 0 Å². The van der Waals surface area contributed by atoms with Crippen molar-refractivity contribution in [2.45, 2.75) is 6.10 Å². The number of para-hydroxylation sites is 1. The first-order valence-corrected chi connectivity index (χ1v) is 11.2. The third-order valence-electron chi connectivity index (χ3n) is 4.32. The van der Waals surface area contributed by atoms with Crippen molar-refractivity contribution in [2.24, 2.45) is 0 Å². The molecular formula is C20H20ClN3O5S. The van der Waals surface area contributed by atoms with Crippen LogP contribution in [0.15, 0.2) is 55.1 Å². The van der Waals surface area contributed by atoms with Crippen LogP contribution >= 0.6 is 11.6 Å². The molecule has 30 heavy (non-hydrogen) atoms. The summed E-state index contributed by atoms with van der Waals surface area (Å²) in [5.74, 6) is -0.755. The molecule has 0 spiro atoms. The van der Waals surface area contributed by atoms with Crippen LogP contribution in [0, 0.1) is 0 Å². The number of fused-ring (bicyclic) bond motifs is 1. The van der Waals surface area contributed by atoms with Crippen LogP contribution in [0.2, 0.25) is 5.02 Å². The van der Waals surface area contributed by atoms with Crippen molar-refractivity contribution in [3.05, 3.63) is 65.7 Å². The van der Waals surface area contributed by atoms with E-state index in [2.05, 4.69) is 17.2 Å². The first-order chi connectivity index (χ1) is 14.2. The highest BCUT2D eigenvalue weighted by Gasteiger charge is 2.35. The van der Waals surface area contributed by atoms with Gasteiger partial charge in [-0.25, -0.2) is 8.42 Å². The van der Waals surface area contributed by atoms with Gasteiger partial charge in [0.1, 0.15) is 5.75 Å². The lowest BCUT2D eigenvalue weighted by Crippen LogP contribution is -2.48. The summed E-state index contributed by atoms with van der Waals surface area (Å²) in [4.78, 5) is 25.2. The Morgan fingerprint density at radius 1 is 1.30 bits per heavy atom. The standard InChI is InChI=1S/C20H20ClN3O5S/c1-3-10-22-19(25)14-6-4-5-7-15(14)23-20(26)18-12-24(30(2,27)28)16-11-13(21)8-9-17(16)29-18/h3-9,11,18H,1,10,12H2,2H3,(H,22,25)(H,23,26)/t18-/m0/s1. The van der Waals surface area contributed by atoms with E-state index in [-0.39, 0.29) is 41.7 Å². The lowest BCUT2D eigenvalue weighted by atomic mass is 10.1. The number of nitrogens with one attached hydrogen (secondary N) is 2. The third-order valence-corrected chi connectivity index (χ3v) is 5.70. The van der Waals surface area contributed by atoms with E-state index in [9.17, 15) is 18.0 Å². The Balaban J connectivity index is 1.86. The van der Waals surface area contributed by atoms with E-state index in [1.54, 1.807) is 36.4 Å². The molecule has 0 saturated heterocycles. The highest BCUT2D eigenvalue weighted by molar-refractivity contribution is 7.92. The highest BCUT2D eigenvalue weighted by atomic mass is 35.5. The number of anilines is 2. The van der Waals surface area contributed by atoms with Crippen molar-refractivity contribution in [2.75, 3.05) is 29.0 Å². The molecule has 3 rings (SSSR count). The first kappa shape index (κ1) is 21.7. The van der Waals surface area contributed by atoms with Crippen molar-refractivity contribution < 1.29 is 22.7 Å². The first-order valence-electron chi connectivity index (χ1n) is 8.93. The zero-order valence-electron chi connectivity index (χ0n) is 16.1. The summed E-state index contributed by atoms with van der Waals surface area (Å²) >= 11 is 5.98. The van der Waals surface area contributed by atoms with Crippen molar-refractivity contribution in [1.82, 2.24) is 5.32 Å². The van der Waals surface area contributed by atoms with Crippen LogP contribution in [0.4, 0.5) is 11.4 Å². The fourth-order valence-electron chi connectivity index (χ4n) is 2.94. The largest absolute Gasteiger partial charge is 0.476 e. The molecule has 1 aliphatic rings. The lowest BCUT2D eigenvalue weighted by molar-refractivity contribution is -0.122. The molecule has 8 nitrogen and oxygen atoms in total. The van der Waals surface area contributed by atoms with Gasteiger partial charge in [0.2, 0.25) is 10.0 Å². The summed E-state index contributed by atoms with van der Waals surface area (Å²) in [7, 11) is -3.69. The minimum Gasteiger partial charge on any atom is -0.476 e. The molecule has 2 aromatic carbocycles. The average molecular weight is 450 g/mol. The van der Waals surface area contributed by atoms with E-state index in [1.165, 1.54) is 12.1 Å². The minimum atomic E-state index is -3.69. The minimum absolute atomic E-state index is 0.216. The summed E-state index contributed by atoms with van der Waals surface area (Å²) < 4.78 is 31.3. The summed E-state index contributed by atoms with van der Waals surface area (Å²) in [5, 5.41) is 5.64. The quantitative estimate of drug-likeness (QED) is 0.659. The molecule has 0 fully saturated rings. The maximum Gasteiger partial charge on any atom is 0.267 e. The number of carbonyl (C=O) groups excluding carboxylic acids is 2. The molecule has 0 radical (unpaired) electrons. The number of rotatable bonds is 6. The maximum atomic E-state index is 12.9. The molecule has 1 atom stereocenters. The van der Waals surface area contributed by atoms with Gasteiger partial charge in [-0.05, 0) is 30.3 Å². The Kier molecular flexibility index (Phi) is 6.33. The third kappa shape index (κ3) is 4.74. The average Bonchev–Trinajstić information content (AvgIpc) is 2.70. The Bertz CT molecular complexity index is 1100. The second kappa shape index (κ2) is 8.76. The fourth-order valence-corrected chi connectivity index (χ4v) is 4.01. The molecule has 2 amide bonds. The van der Waals surface area contributed by atoms with Crippen LogP contribution in [0.5, 0.6) is 5.75 Å². The zero-order valence-corrected chi connectivity index (χ0v) is 17.7. The normalized spacial score (nSPS) is 15.5. The molecule has 0 unspecified atom stereocenters. The number of amides is 2. The van der Waals surface area contributed by atoms with Gasteiger partial charge in [-0.2, -0.15) is 0 Å². The van der Waals surface area contributed by atoms with E-state index < -0.39 is 22.0 Å². The predicted octanol–water partition coefficient (Wildman–Crippen LogP) is 2.42. The van der Waals surface area contributed by atoms with E-state index in [0.29, 0.717) is 5.02 Å². The number of hydrogen-bond acceptors (Lipinski definition) is 5. The Hall–Kier alpha value is -3.04. The van der Waals surface area contributed by atoms with Crippen molar-refractivity contribution in [3.8, 4) is 5.75 Å². The Morgan fingerprint density at radius 3 is 2.73 bits per heavy atom. The number of hydrogen-bond donors (Lipinski definition) is 2. The van der Waals surface area contributed by atoms with Gasteiger partial charge in [0.15, 0.2) is 6.10 Å². The van der Waals surface area contributed by atoms with Crippen LogP contribution in [0.25, 0.3) is 0 Å². The number of sulfonamides is 1. The molecule has 0 aromatic heterocycles. The smallest absolute Gasteiger partial charge is 0.267 e. The van der Waals surface area contributed by atoms with Gasteiger partial charge < -0.3 is 15.4 Å². The summed E-state index contributed by atoms with van der Waals surface area (Å²) in [6, 6.07) is 11.0. The molecule has 0 bridgehead atoms. The summed E-state index contributed by atoms with van der Waals surface area (Å²) in [6.45, 7) is 3.59. The number of halogens is 1. The SMILES string of the molecule is C=CCNC(=O)c1ccccc1NC(=O)[C@@H]1CN(S(C)(=O)=O)c2cc(Cl)ccc2O1. The highest BCUT2D eigenvalue weighted by Crippen LogP contribution is 2.37. The number of carbonyl (C=O) groups is 2. The van der Waals surface area contributed by atoms with Crippen LogP contribution in [-0.2, 0) is 14.8 Å². The molecule has 158 valence electrons. The van der Waals surface area contributed by atoms with Gasteiger partial charge in [0.25, 0.3) is 11.8 Å². The van der Waals surface area contributed by atoms with Crippen LogP contribution in [0.3, 0.4) is 0 Å². The number of ether oxygens (including phenoxy) is 1. The zero-order chi connectivity index (χ0) is 21.9. The van der Waals surface area contributed by atoms with Crippen molar-refractivity contribution in [1.29, 1.82) is 0 Å². The Labute approximate surface area is 179 Å².